The number of carbonyl (C=O) groups excluding carboxylic acids is 1. The number of hydrogen-bond donors (Lipinski definition) is 2. The molecule has 0 aliphatic carbocycles. The fourth-order valence-corrected chi connectivity index (χ4v) is 2.87. The normalized spacial score (nSPS) is 35.7. The molecule has 0 bridgehead atoms. The van der Waals surface area contributed by atoms with Crippen LogP contribution in [0.5, 0.6) is 0 Å². The molecule has 0 radical (unpaired) electrons. The van der Waals surface area contributed by atoms with Gasteiger partial charge in [-0.05, 0) is 19.4 Å². The Hall–Kier alpha value is -1.51. The molecule has 1 aromatic carbocycles. The Morgan fingerprint density at radius 3 is 2.65 bits per heavy atom. The highest BCUT2D eigenvalue weighted by molar-refractivity contribution is 5.79. The molecule has 1 amide bonds. The monoisotopic (exact) mass is 323 g/mol. The van der Waals surface area contributed by atoms with Crippen molar-refractivity contribution in [2.75, 3.05) is 0 Å². The Morgan fingerprint density at radius 2 is 2.00 bits per heavy atom. The van der Waals surface area contributed by atoms with Crippen LogP contribution in [0.1, 0.15) is 19.4 Å². The van der Waals surface area contributed by atoms with Crippen LogP contribution in [0.3, 0.4) is 0 Å². The number of aliphatic hydroxyl groups excluding tert-OH is 1. The zero-order valence-electron chi connectivity index (χ0n) is 13.0. The lowest BCUT2D eigenvalue weighted by Crippen LogP contribution is -2.60. The van der Waals surface area contributed by atoms with E-state index in [2.05, 4.69) is 0 Å². The Kier molecular flexibility index (Phi) is 4.39. The van der Waals surface area contributed by atoms with Crippen molar-refractivity contribution in [3.05, 3.63) is 35.9 Å². The van der Waals surface area contributed by atoms with Crippen LogP contribution in [0, 0.1) is 0 Å². The summed E-state index contributed by atoms with van der Waals surface area (Å²) in [5, 5.41) is 10.4. The smallest absolute Gasteiger partial charge is 0.249 e. The van der Waals surface area contributed by atoms with Crippen molar-refractivity contribution in [1.29, 1.82) is 0 Å². The van der Waals surface area contributed by atoms with E-state index in [4.69, 9.17) is 24.7 Å². The number of amides is 1. The van der Waals surface area contributed by atoms with Crippen LogP contribution in [0.2, 0.25) is 0 Å². The third-order valence-electron chi connectivity index (χ3n) is 3.91. The lowest BCUT2D eigenvalue weighted by atomic mass is 9.98. The van der Waals surface area contributed by atoms with Crippen molar-refractivity contribution in [3.8, 4) is 0 Å². The summed E-state index contributed by atoms with van der Waals surface area (Å²) in [6.07, 6.45) is -4.66. The fraction of sp³-hybridized carbons (Fsp3) is 0.562. The predicted octanol–water partition coefficient (Wildman–Crippen LogP) is 0.294. The molecule has 0 saturated carbocycles. The molecule has 126 valence electrons. The number of primary amides is 1. The van der Waals surface area contributed by atoms with Gasteiger partial charge in [-0.3, -0.25) is 4.79 Å². The second-order valence-electron chi connectivity index (χ2n) is 6.18. The van der Waals surface area contributed by atoms with E-state index in [1.54, 1.807) is 13.8 Å². The molecule has 7 nitrogen and oxygen atoms in total. The molecule has 2 heterocycles. The quantitative estimate of drug-likeness (QED) is 0.826. The first-order valence-corrected chi connectivity index (χ1v) is 7.51. The highest BCUT2D eigenvalue weighted by atomic mass is 16.8. The van der Waals surface area contributed by atoms with E-state index in [9.17, 15) is 9.90 Å². The van der Waals surface area contributed by atoms with Gasteiger partial charge in [-0.25, -0.2) is 0 Å². The number of hydrogen-bond acceptors (Lipinski definition) is 6. The maximum atomic E-state index is 11.5. The Labute approximate surface area is 134 Å². The molecular formula is C16H21NO6. The second kappa shape index (κ2) is 6.18. The summed E-state index contributed by atoms with van der Waals surface area (Å²) in [4.78, 5) is 11.5. The van der Waals surface area contributed by atoms with Gasteiger partial charge >= 0.3 is 0 Å². The van der Waals surface area contributed by atoms with Crippen molar-refractivity contribution < 1.29 is 28.8 Å². The molecule has 3 N–H and O–H groups in total. The molecule has 3 rings (SSSR count). The summed E-state index contributed by atoms with van der Waals surface area (Å²) in [6, 6.07) is 9.51. The first-order chi connectivity index (χ1) is 10.9. The van der Waals surface area contributed by atoms with Crippen LogP contribution < -0.4 is 5.73 Å². The zero-order chi connectivity index (χ0) is 16.6. The number of carbonyl (C=O) groups is 1. The van der Waals surface area contributed by atoms with E-state index in [1.165, 1.54) is 0 Å². The molecule has 2 aliphatic heterocycles. The summed E-state index contributed by atoms with van der Waals surface area (Å²) < 4.78 is 22.7. The molecule has 23 heavy (non-hydrogen) atoms. The summed E-state index contributed by atoms with van der Waals surface area (Å²) in [6.45, 7) is 3.73. The van der Waals surface area contributed by atoms with Gasteiger partial charge in [0.25, 0.3) is 0 Å². The summed E-state index contributed by atoms with van der Waals surface area (Å²) in [5.74, 6) is -1.66. The molecule has 1 unspecified atom stereocenters. The van der Waals surface area contributed by atoms with E-state index in [0.717, 1.165) is 5.56 Å². The number of nitrogens with two attached hydrogens (primary N) is 1. The fourth-order valence-electron chi connectivity index (χ4n) is 2.87. The first-order valence-electron chi connectivity index (χ1n) is 7.51. The number of benzene rings is 1. The van der Waals surface area contributed by atoms with Gasteiger partial charge in [0, 0.05) is 0 Å². The maximum absolute atomic E-state index is 11.5. The number of ether oxygens (including phenoxy) is 4. The van der Waals surface area contributed by atoms with Crippen LogP contribution in [0.25, 0.3) is 0 Å². The molecule has 7 heteroatoms. The Bertz CT molecular complexity index is 563. The Morgan fingerprint density at radius 1 is 1.30 bits per heavy atom. The van der Waals surface area contributed by atoms with E-state index in [1.807, 2.05) is 30.3 Å². The molecule has 0 aromatic heterocycles. The standard InChI is InChI=1S/C16H21NO6/c1-16(2)22-13-11(20-8-9-6-4-3-5-7-9)10(18)12(14(17)19)21-15(13)23-16/h3-7,10-13,15,18H,8H2,1-2H3,(H2,17,19)/t10-,11-,12+,13+,15?/m0/s1. The van der Waals surface area contributed by atoms with Gasteiger partial charge < -0.3 is 29.8 Å². The van der Waals surface area contributed by atoms with Gasteiger partial charge in [-0.15, -0.1) is 0 Å². The SMILES string of the molecule is CC1(C)OC2O[C@@H](C(N)=O)[C@@H](O)[C@H](OCc3ccccc3)[C@H]2O1. The molecule has 1 aromatic rings. The van der Waals surface area contributed by atoms with Crippen LogP contribution in [0.15, 0.2) is 30.3 Å². The van der Waals surface area contributed by atoms with Gasteiger partial charge in [-0.2, -0.15) is 0 Å². The lowest BCUT2D eigenvalue weighted by Gasteiger charge is -2.38. The third kappa shape index (κ3) is 3.39. The minimum atomic E-state index is -1.23. The second-order valence-corrected chi connectivity index (χ2v) is 6.18. The minimum Gasteiger partial charge on any atom is -0.387 e. The van der Waals surface area contributed by atoms with Crippen molar-refractivity contribution >= 4 is 5.91 Å². The Balaban J connectivity index is 1.77. The molecule has 2 saturated heterocycles. The van der Waals surface area contributed by atoms with Crippen LogP contribution in [-0.4, -0.2) is 47.5 Å². The van der Waals surface area contributed by atoms with Crippen molar-refractivity contribution in [2.24, 2.45) is 5.73 Å². The average Bonchev–Trinajstić information content (AvgIpc) is 2.80. The van der Waals surface area contributed by atoms with Gasteiger partial charge in [0.1, 0.15) is 18.3 Å². The van der Waals surface area contributed by atoms with Crippen molar-refractivity contribution in [3.63, 3.8) is 0 Å². The molecule has 2 aliphatic rings. The molecular weight excluding hydrogens is 302 g/mol. The first kappa shape index (κ1) is 16.4. The van der Waals surface area contributed by atoms with Crippen molar-refractivity contribution in [1.82, 2.24) is 0 Å². The minimum absolute atomic E-state index is 0.265. The highest BCUT2D eigenvalue weighted by Gasteiger charge is 2.56. The van der Waals surface area contributed by atoms with Crippen molar-refractivity contribution in [2.45, 2.75) is 56.9 Å². The van der Waals surface area contributed by atoms with E-state index in [0.29, 0.717) is 0 Å². The van der Waals surface area contributed by atoms with E-state index >= 15 is 0 Å². The van der Waals surface area contributed by atoms with E-state index < -0.39 is 42.4 Å². The average molecular weight is 323 g/mol. The third-order valence-corrected chi connectivity index (χ3v) is 3.91. The number of fused-ring (bicyclic) bond motifs is 1. The van der Waals surface area contributed by atoms with Gasteiger partial charge in [0.05, 0.1) is 6.61 Å². The van der Waals surface area contributed by atoms with Crippen LogP contribution in [0.4, 0.5) is 0 Å². The van der Waals surface area contributed by atoms with Gasteiger partial charge in [0.15, 0.2) is 18.2 Å². The molecule has 2 fully saturated rings. The lowest BCUT2D eigenvalue weighted by molar-refractivity contribution is -0.254. The van der Waals surface area contributed by atoms with Crippen LogP contribution >= 0.6 is 0 Å². The van der Waals surface area contributed by atoms with Crippen LogP contribution in [-0.2, 0) is 30.3 Å². The largest absolute Gasteiger partial charge is 0.387 e. The number of aliphatic hydroxyl groups is 1. The zero-order valence-corrected chi connectivity index (χ0v) is 13.0. The summed E-state index contributed by atoms with van der Waals surface area (Å²) >= 11 is 0. The predicted molar refractivity (Wildman–Crippen MR) is 78.9 cm³/mol. The summed E-state index contributed by atoms with van der Waals surface area (Å²) in [7, 11) is 0. The van der Waals surface area contributed by atoms with Gasteiger partial charge in [0.2, 0.25) is 5.91 Å². The highest BCUT2D eigenvalue weighted by Crippen LogP contribution is 2.37. The van der Waals surface area contributed by atoms with E-state index in [-0.39, 0.29) is 6.61 Å². The summed E-state index contributed by atoms with van der Waals surface area (Å²) in [5.41, 5.74) is 6.24. The number of rotatable bonds is 4. The molecule has 5 atom stereocenters. The van der Waals surface area contributed by atoms with Gasteiger partial charge in [-0.1, -0.05) is 30.3 Å². The molecule has 0 spiro atoms. The maximum Gasteiger partial charge on any atom is 0.249 e. The topological polar surface area (TPSA) is 100 Å².